The van der Waals surface area contributed by atoms with E-state index in [1.165, 1.54) is 0 Å². The molecule has 0 aromatic rings. The summed E-state index contributed by atoms with van der Waals surface area (Å²) >= 11 is 0. The summed E-state index contributed by atoms with van der Waals surface area (Å²) in [5.74, 6) is 0. The zero-order valence-corrected chi connectivity index (χ0v) is 10.9. The third-order valence-corrected chi connectivity index (χ3v) is 3.22. The quantitative estimate of drug-likeness (QED) is 0.672. The molecule has 96 valence electrons. The van der Waals surface area contributed by atoms with Gasteiger partial charge in [0, 0.05) is 13.1 Å². The molecule has 0 aliphatic heterocycles. The summed E-state index contributed by atoms with van der Waals surface area (Å²) in [5.41, 5.74) is -0.354. The van der Waals surface area contributed by atoms with Gasteiger partial charge >= 0.3 is 0 Å². The van der Waals surface area contributed by atoms with Gasteiger partial charge in [-0.3, -0.25) is 0 Å². The molecular weight excluding hydrogens is 202 g/mol. The Morgan fingerprint density at radius 1 is 1.25 bits per heavy atom. The molecule has 0 amide bonds. The summed E-state index contributed by atoms with van der Waals surface area (Å²) in [6, 6.07) is 0. The summed E-state index contributed by atoms with van der Waals surface area (Å²) < 4.78 is 0. The maximum absolute atomic E-state index is 10.1. The van der Waals surface area contributed by atoms with Crippen LogP contribution in [0.1, 0.15) is 52.9 Å². The van der Waals surface area contributed by atoms with E-state index in [9.17, 15) is 10.2 Å². The topological polar surface area (TPSA) is 52.5 Å². The first-order valence-electron chi connectivity index (χ1n) is 6.42. The number of aliphatic hydroxyl groups is 2. The average molecular weight is 229 g/mol. The van der Waals surface area contributed by atoms with Gasteiger partial charge in [-0.15, -0.1) is 0 Å². The second-order valence-electron chi connectivity index (χ2n) is 6.48. The molecule has 0 bridgehead atoms. The SMILES string of the molecule is CC(C)(C)CC(O)CNCC1(O)CCCC1. The molecule has 1 aliphatic carbocycles. The fraction of sp³-hybridized carbons (Fsp3) is 1.00. The van der Waals surface area contributed by atoms with Crippen LogP contribution in [0.15, 0.2) is 0 Å². The second kappa shape index (κ2) is 5.48. The number of hydrogen-bond acceptors (Lipinski definition) is 3. The highest BCUT2D eigenvalue weighted by Gasteiger charge is 2.30. The maximum Gasteiger partial charge on any atom is 0.0771 e. The Hall–Kier alpha value is -0.120. The van der Waals surface area contributed by atoms with Crippen LogP contribution >= 0.6 is 0 Å². The van der Waals surface area contributed by atoms with Crippen molar-refractivity contribution in [2.75, 3.05) is 13.1 Å². The van der Waals surface area contributed by atoms with E-state index in [-0.39, 0.29) is 11.5 Å². The van der Waals surface area contributed by atoms with Gasteiger partial charge in [0.15, 0.2) is 0 Å². The van der Waals surface area contributed by atoms with E-state index in [0.717, 1.165) is 32.1 Å². The van der Waals surface area contributed by atoms with Crippen molar-refractivity contribution in [3.05, 3.63) is 0 Å². The van der Waals surface area contributed by atoms with Crippen molar-refractivity contribution in [2.45, 2.75) is 64.6 Å². The fourth-order valence-electron chi connectivity index (χ4n) is 2.46. The third kappa shape index (κ3) is 5.28. The lowest BCUT2D eigenvalue weighted by molar-refractivity contribution is 0.0416. The largest absolute Gasteiger partial charge is 0.392 e. The minimum Gasteiger partial charge on any atom is -0.392 e. The molecule has 1 aliphatic rings. The standard InChI is InChI=1S/C13H27NO2/c1-12(2,3)8-11(15)9-14-10-13(16)6-4-5-7-13/h11,14-16H,4-10H2,1-3H3. The van der Waals surface area contributed by atoms with E-state index in [1.807, 2.05) is 0 Å². The van der Waals surface area contributed by atoms with Crippen molar-refractivity contribution in [3.63, 3.8) is 0 Å². The van der Waals surface area contributed by atoms with Gasteiger partial charge in [-0.1, -0.05) is 33.6 Å². The molecular formula is C13H27NO2. The van der Waals surface area contributed by atoms with Crippen LogP contribution < -0.4 is 5.32 Å². The van der Waals surface area contributed by atoms with E-state index >= 15 is 0 Å². The predicted octanol–water partition coefficient (Wildman–Crippen LogP) is 1.68. The molecule has 1 fully saturated rings. The van der Waals surface area contributed by atoms with Crippen LogP contribution in [-0.2, 0) is 0 Å². The van der Waals surface area contributed by atoms with Crippen LogP contribution in [0.4, 0.5) is 0 Å². The van der Waals surface area contributed by atoms with Gasteiger partial charge in [0.25, 0.3) is 0 Å². The Balaban J connectivity index is 2.15. The Morgan fingerprint density at radius 2 is 1.81 bits per heavy atom. The van der Waals surface area contributed by atoms with Crippen LogP contribution in [0.25, 0.3) is 0 Å². The zero-order chi connectivity index (χ0) is 12.2. The molecule has 1 rings (SSSR count). The Kier molecular flexibility index (Phi) is 4.77. The minimum absolute atomic E-state index is 0.158. The third-order valence-electron chi connectivity index (χ3n) is 3.22. The lowest BCUT2D eigenvalue weighted by Gasteiger charge is -2.26. The lowest BCUT2D eigenvalue weighted by Crippen LogP contribution is -2.41. The summed E-state index contributed by atoms with van der Waals surface area (Å²) in [6.07, 6.45) is 4.53. The smallest absolute Gasteiger partial charge is 0.0771 e. The molecule has 0 spiro atoms. The summed E-state index contributed by atoms with van der Waals surface area (Å²) in [5, 5.41) is 23.1. The van der Waals surface area contributed by atoms with Gasteiger partial charge in [0.1, 0.15) is 0 Å². The molecule has 1 atom stereocenters. The predicted molar refractivity (Wildman–Crippen MR) is 66.4 cm³/mol. The zero-order valence-electron chi connectivity index (χ0n) is 10.9. The monoisotopic (exact) mass is 229 g/mol. The molecule has 0 saturated heterocycles. The van der Waals surface area contributed by atoms with Gasteiger partial charge in [0.2, 0.25) is 0 Å². The van der Waals surface area contributed by atoms with Gasteiger partial charge in [0.05, 0.1) is 11.7 Å². The molecule has 1 saturated carbocycles. The molecule has 0 heterocycles. The van der Waals surface area contributed by atoms with E-state index in [2.05, 4.69) is 26.1 Å². The highest BCUT2D eigenvalue weighted by atomic mass is 16.3. The van der Waals surface area contributed by atoms with E-state index in [1.54, 1.807) is 0 Å². The van der Waals surface area contributed by atoms with Crippen LogP contribution in [-0.4, -0.2) is 35.0 Å². The van der Waals surface area contributed by atoms with Crippen molar-refractivity contribution in [2.24, 2.45) is 5.41 Å². The first-order chi connectivity index (χ1) is 7.31. The number of nitrogens with one attached hydrogen (secondary N) is 1. The Labute approximate surface area is 99.3 Å². The summed E-state index contributed by atoms with van der Waals surface area (Å²) in [6.45, 7) is 7.58. The van der Waals surface area contributed by atoms with E-state index < -0.39 is 5.60 Å². The van der Waals surface area contributed by atoms with Gasteiger partial charge in [-0.25, -0.2) is 0 Å². The minimum atomic E-state index is -0.512. The molecule has 1 unspecified atom stereocenters. The highest BCUT2D eigenvalue weighted by molar-refractivity contribution is 4.86. The van der Waals surface area contributed by atoms with Crippen LogP contribution in [0.5, 0.6) is 0 Å². The van der Waals surface area contributed by atoms with Crippen molar-refractivity contribution < 1.29 is 10.2 Å². The van der Waals surface area contributed by atoms with Gasteiger partial charge in [-0.05, 0) is 24.7 Å². The summed E-state index contributed by atoms with van der Waals surface area (Å²) in [7, 11) is 0. The van der Waals surface area contributed by atoms with Crippen LogP contribution in [0.3, 0.4) is 0 Å². The number of hydrogen-bond donors (Lipinski definition) is 3. The molecule has 3 N–H and O–H groups in total. The van der Waals surface area contributed by atoms with E-state index in [4.69, 9.17) is 0 Å². The molecule has 3 heteroatoms. The molecule has 3 nitrogen and oxygen atoms in total. The number of rotatable bonds is 5. The first kappa shape index (κ1) is 13.9. The molecule has 0 aromatic carbocycles. The van der Waals surface area contributed by atoms with Crippen LogP contribution in [0.2, 0.25) is 0 Å². The maximum atomic E-state index is 10.1. The summed E-state index contributed by atoms with van der Waals surface area (Å²) in [4.78, 5) is 0. The normalized spacial score (nSPS) is 22.3. The first-order valence-corrected chi connectivity index (χ1v) is 6.42. The van der Waals surface area contributed by atoms with Crippen molar-refractivity contribution in [1.29, 1.82) is 0 Å². The van der Waals surface area contributed by atoms with E-state index in [0.29, 0.717) is 13.1 Å². The Morgan fingerprint density at radius 3 is 2.31 bits per heavy atom. The highest BCUT2D eigenvalue weighted by Crippen LogP contribution is 2.28. The average Bonchev–Trinajstić information content (AvgIpc) is 2.49. The van der Waals surface area contributed by atoms with Crippen molar-refractivity contribution in [3.8, 4) is 0 Å². The molecule has 0 aromatic heterocycles. The van der Waals surface area contributed by atoms with Crippen molar-refractivity contribution in [1.82, 2.24) is 5.32 Å². The number of aliphatic hydroxyl groups excluding tert-OH is 1. The van der Waals surface area contributed by atoms with Crippen molar-refractivity contribution >= 4 is 0 Å². The second-order valence-corrected chi connectivity index (χ2v) is 6.48. The Bertz CT molecular complexity index is 204. The molecule has 16 heavy (non-hydrogen) atoms. The lowest BCUT2D eigenvalue weighted by atomic mass is 9.89. The fourth-order valence-corrected chi connectivity index (χ4v) is 2.46. The van der Waals surface area contributed by atoms with Gasteiger partial charge < -0.3 is 15.5 Å². The molecule has 0 radical (unpaired) electrons. The van der Waals surface area contributed by atoms with Crippen LogP contribution in [0, 0.1) is 5.41 Å². The van der Waals surface area contributed by atoms with Gasteiger partial charge in [-0.2, -0.15) is 0 Å².